The summed E-state index contributed by atoms with van der Waals surface area (Å²) in [5.41, 5.74) is 1.62. The smallest absolute Gasteiger partial charge is 0.265 e. The monoisotopic (exact) mass is 406 g/mol. The van der Waals surface area contributed by atoms with E-state index in [0.29, 0.717) is 34.4 Å². The second-order valence-corrected chi connectivity index (χ2v) is 7.29. The molecule has 0 radical (unpaired) electrons. The van der Waals surface area contributed by atoms with Crippen LogP contribution >= 0.6 is 23.2 Å². The number of nitrogens with one attached hydrogen (secondary N) is 1. The van der Waals surface area contributed by atoms with Crippen molar-refractivity contribution in [2.45, 2.75) is 32.4 Å². The molecule has 1 aliphatic heterocycles. The van der Waals surface area contributed by atoms with Crippen molar-refractivity contribution in [1.82, 2.24) is 4.90 Å². The summed E-state index contributed by atoms with van der Waals surface area (Å²) < 4.78 is 5.63. The summed E-state index contributed by atoms with van der Waals surface area (Å²) in [5.74, 6) is 0.270. The van der Waals surface area contributed by atoms with E-state index in [9.17, 15) is 9.59 Å². The number of ether oxygens (including phenoxy) is 1. The zero-order valence-electron chi connectivity index (χ0n) is 14.9. The maximum atomic E-state index is 12.4. The first kappa shape index (κ1) is 19.5. The SMILES string of the molecule is CC(Oc1ccc(Cl)cc1Cl)C(=O)Nc1cccc(CN2CCCC2=O)c1. The molecule has 1 unspecified atom stereocenters. The Kier molecular flexibility index (Phi) is 6.24. The minimum atomic E-state index is -0.743. The van der Waals surface area contributed by atoms with Gasteiger partial charge in [0, 0.05) is 30.2 Å². The fourth-order valence-corrected chi connectivity index (χ4v) is 3.35. The maximum absolute atomic E-state index is 12.4. The highest BCUT2D eigenvalue weighted by atomic mass is 35.5. The van der Waals surface area contributed by atoms with Crippen molar-refractivity contribution >= 4 is 40.7 Å². The van der Waals surface area contributed by atoms with Gasteiger partial charge in [-0.3, -0.25) is 9.59 Å². The second-order valence-electron chi connectivity index (χ2n) is 6.44. The number of amides is 2. The summed E-state index contributed by atoms with van der Waals surface area (Å²) in [5, 5.41) is 3.68. The van der Waals surface area contributed by atoms with E-state index >= 15 is 0 Å². The number of anilines is 1. The lowest BCUT2D eigenvalue weighted by Crippen LogP contribution is -2.30. The summed E-state index contributed by atoms with van der Waals surface area (Å²) in [6, 6.07) is 12.3. The highest BCUT2D eigenvalue weighted by molar-refractivity contribution is 6.35. The Bertz CT molecular complexity index is 857. The molecular formula is C20H20Cl2N2O3. The Morgan fingerprint density at radius 3 is 2.78 bits per heavy atom. The third-order valence-corrected chi connectivity index (χ3v) is 4.84. The molecule has 142 valence electrons. The summed E-state index contributed by atoms with van der Waals surface area (Å²) >= 11 is 11.9. The first-order chi connectivity index (χ1) is 12.9. The van der Waals surface area contributed by atoms with E-state index in [4.69, 9.17) is 27.9 Å². The molecule has 2 aromatic rings. The van der Waals surface area contributed by atoms with Gasteiger partial charge in [0.15, 0.2) is 6.10 Å². The Labute approximate surface area is 168 Å². The number of nitrogens with zero attached hydrogens (tertiary/aromatic N) is 1. The summed E-state index contributed by atoms with van der Waals surface area (Å²) in [7, 11) is 0. The first-order valence-corrected chi connectivity index (χ1v) is 9.47. The minimum Gasteiger partial charge on any atom is -0.479 e. The van der Waals surface area contributed by atoms with Crippen LogP contribution in [0.3, 0.4) is 0 Å². The summed E-state index contributed by atoms with van der Waals surface area (Å²) in [6.07, 6.45) is 0.767. The molecular weight excluding hydrogens is 387 g/mol. The van der Waals surface area contributed by atoms with E-state index < -0.39 is 6.10 Å². The maximum Gasteiger partial charge on any atom is 0.265 e. The van der Waals surface area contributed by atoms with Gasteiger partial charge >= 0.3 is 0 Å². The largest absolute Gasteiger partial charge is 0.479 e. The quantitative estimate of drug-likeness (QED) is 0.766. The lowest BCUT2D eigenvalue weighted by atomic mass is 10.2. The molecule has 1 aliphatic rings. The van der Waals surface area contributed by atoms with Crippen molar-refractivity contribution < 1.29 is 14.3 Å². The molecule has 2 amide bonds. The number of carbonyl (C=O) groups excluding carboxylic acids is 2. The molecule has 1 atom stereocenters. The number of carbonyl (C=O) groups is 2. The molecule has 0 aromatic heterocycles. The predicted molar refractivity (Wildman–Crippen MR) is 106 cm³/mol. The minimum absolute atomic E-state index is 0.173. The van der Waals surface area contributed by atoms with Crippen LogP contribution < -0.4 is 10.1 Å². The molecule has 0 aliphatic carbocycles. The van der Waals surface area contributed by atoms with Crippen molar-refractivity contribution in [1.29, 1.82) is 0 Å². The molecule has 7 heteroatoms. The average Bonchev–Trinajstić information content (AvgIpc) is 3.02. The first-order valence-electron chi connectivity index (χ1n) is 8.71. The second kappa shape index (κ2) is 8.63. The number of hydrogen-bond donors (Lipinski definition) is 1. The standard InChI is InChI=1S/C20H20Cl2N2O3/c1-13(27-18-8-7-15(21)11-17(18)22)20(26)23-16-5-2-4-14(10-16)12-24-9-3-6-19(24)25/h2,4-5,7-8,10-11,13H,3,6,9,12H2,1H3,(H,23,26). The Balaban J connectivity index is 1.61. The number of benzene rings is 2. The number of halogens is 2. The summed E-state index contributed by atoms with van der Waals surface area (Å²) in [6.45, 7) is 2.98. The number of rotatable bonds is 6. The highest BCUT2D eigenvalue weighted by Gasteiger charge is 2.20. The Morgan fingerprint density at radius 2 is 2.07 bits per heavy atom. The van der Waals surface area contributed by atoms with Crippen molar-refractivity contribution in [3.05, 3.63) is 58.1 Å². The van der Waals surface area contributed by atoms with Crippen molar-refractivity contribution in [2.75, 3.05) is 11.9 Å². The molecule has 0 spiro atoms. The van der Waals surface area contributed by atoms with Gasteiger partial charge in [-0.2, -0.15) is 0 Å². The van der Waals surface area contributed by atoms with E-state index in [1.807, 2.05) is 23.1 Å². The van der Waals surface area contributed by atoms with Gasteiger partial charge in [-0.05, 0) is 49.2 Å². The molecule has 1 fully saturated rings. The van der Waals surface area contributed by atoms with Gasteiger partial charge in [0.05, 0.1) is 5.02 Å². The Morgan fingerprint density at radius 1 is 1.26 bits per heavy atom. The van der Waals surface area contributed by atoms with Crippen molar-refractivity contribution in [3.8, 4) is 5.75 Å². The van der Waals surface area contributed by atoms with Crippen LogP contribution in [0.5, 0.6) is 5.75 Å². The van der Waals surface area contributed by atoms with Crippen LogP contribution in [0.1, 0.15) is 25.3 Å². The van der Waals surface area contributed by atoms with Gasteiger partial charge in [-0.25, -0.2) is 0 Å². The van der Waals surface area contributed by atoms with Gasteiger partial charge in [0.1, 0.15) is 5.75 Å². The average molecular weight is 407 g/mol. The van der Waals surface area contributed by atoms with Crippen molar-refractivity contribution in [3.63, 3.8) is 0 Å². The van der Waals surface area contributed by atoms with Crippen LogP contribution in [0.4, 0.5) is 5.69 Å². The van der Waals surface area contributed by atoms with Crippen LogP contribution in [0.15, 0.2) is 42.5 Å². The van der Waals surface area contributed by atoms with E-state index in [1.54, 1.807) is 31.2 Å². The van der Waals surface area contributed by atoms with Gasteiger partial charge < -0.3 is 15.0 Å². The molecule has 0 bridgehead atoms. The number of likely N-dealkylation sites (tertiary alicyclic amines) is 1. The fraction of sp³-hybridized carbons (Fsp3) is 0.300. The predicted octanol–water partition coefficient (Wildman–Crippen LogP) is 4.52. The molecule has 1 N–H and O–H groups in total. The number of hydrogen-bond acceptors (Lipinski definition) is 3. The topological polar surface area (TPSA) is 58.6 Å². The van der Waals surface area contributed by atoms with Crippen LogP contribution in [-0.4, -0.2) is 29.4 Å². The molecule has 27 heavy (non-hydrogen) atoms. The Hall–Kier alpha value is -2.24. The van der Waals surface area contributed by atoms with Gasteiger partial charge in [-0.1, -0.05) is 35.3 Å². The zero-order chi connectivity index (χ0) is 19.4. The molecule has 1 heterocycles. The van der Waals surface area contributed by atoms with Crippen LogP contribution in [0, 0.1) is 0 Å². The van der Waals surface area contributed by atoms with Gasteiger partial charge in [0.25, 0.3) is 5.91 Å². The molecule has 2 aromatic carbocycles. The third-order valence-electron chi connectivity index (χ3n) is 4.31. The van der Waals surface area contributed by atoms with Gasteiger partial charge in [-0.15, -0.1) is 0 Å². The molecule has 3 rings (SSSR count). The van der Waals surface area contributed by atoms with Gasteiger partial charge in [0.2, 0.25) is 5.91 Å². The normalized spacial score (nSPS) is 14.9. The highest BCUT2D eigenvalue weighted by Crippen LogP contribution is 2.28. The summed E-state index contributed by atoms with van der Waals surface area (Å²) in [4.78, 5) is 26.0. The van der Waals surface area contributed by atoms with Crippen molar-refractivity contribution in [2.24, 2.45) is 0 Å². The lowest BCUT2D eigenvalue weighted by molar-refractivity contribution is -0.128. The third kappa shape index (κ3) is 5.15. The van der Waals surface area contributed by atoms with E-state index in [1.165, 1.54) is 0 Å². The van der Waals surface area contributed by atoms with Crippen LogP contribution in [0.25, 0.3) is 0 Å². The van der Waals surface area contributed by atoms with Crippen LogP contribution in [-0.2, 0) is 16.1 Å². The van der Waals surface area contributed by atoms with E-state index in [-0.39, 0.29) is 11.8 Å². The molecule has 1 saturated heterocycles. The molecule has 5 nitrogen and oxygen atoms in total. The lowest BCUT2D eigenvalue weighted by Gasteiger charge is -2.18. The van der Waals surface area contributed by atoms with Crippen LogP contribution in [0.2, 0.25) is 10.0 Å². The fourth-order valence-electron chi connectivity index (χ4n) is 2.90. The zero-order valence-corrected chi connectivity index (χ0v) is 16.4. The van der Waals surface area contributed by atoms with E-state index in [0.717, 1.165) is 18.5 Å². The van der Waals surface area contributed by atoms with E-state index in [2.05, 4.69) is 5.32 Å². The molecule has 0 saturated carbocycles.